The molecule has 1 N–H and O–H groups in total. The third kappa shape index (κ3) is 3.16. The summed E-state index contributed by atoms with van der Waals surface area (Å²) in [6.07, 6.45) is 5.96. The first-order valence-electron chi connectivity index (χ1n) is 7.23. The predicted molar refractivity (Wildman–Crippen MR) is 79.1 cm³/mol. The first-order valence-corrected chi connectivity index (χ1v) is 7.23. The molecule has 4 nitrogen and oxygen atoms in total. The summed E-state index contributed by atoms with van der Waals surface area (Å²) >= 11 is 0. The van der Waals surface area contributed by atoms with Gasteiger partial charge in [-0.3, -0.25) is 4.79 Å². The normalized spacial score (nSPS) is 33.5. The highest BCUT2D eigenvalue weighted by molar-refractivity contribution is 5.75. The first kappa shape index (κ1) is 17.0. The topological polar surface area (TPSA) is 47.6 Å². The van der Waals surface area contributed by atoms with Crippen molar-refractivity contribution in [2.75, 3.05) is 7.11 Å². The van der Waals surface area contributed by atoms with Crippen LogP contribution in [0.25, 0.3) is 0 Å². The first-order chi connectivity index (χ1) is 9.28. The Morgan fingerprint density at radius 1 is 1.45 bits per heavy atom. The molecule has 1 unspecified atom stereocenters. The van der Waals surface area contributed by atoms with Gasteiger partial charge < -0.3 is 14.8 Å². The van der Waals surface area contributed by atoms with Gasteiger partial charge in [-0.2, -0.15) is 0 Å². The Hall–Kier alpha value is -1.05. The molecular weight excluding hydrogens is 254 g/mol. The minimum Gasteiger partial charge on any atom is -0.375 e. The second-order valence-electron chi connectivity index (χ2n) is 6.32. The number of hydrogen-bond acceptors (Lipinski definition) is 3. The van der Waals surface area contributed by atoms with Crippen molar-refractivity contribution < 1.29 is 14.3 Å². The molecule has 0 aromatic carbocycles. The van der Waals surface area contributed by atoms with E-state index in [2.05, 4.69) is 25.1 Å². The van der Waals surface area contributed by atoms with E-state index in [0.717, 1.165) is 6.42 Å². The Kier molecular flexibility index (Phi) is 5.61. The van der Waals surface area contributed by atoms with E-state index in [0.29, 0.717) is 5.92 Å². The van der Waals surface area contributed by atoms with E-state index in [1.54, 1.807) is 7.11 Å². The maximum atomic E-state index is 11.6. The van der Waals surface area contributed by atoms with Crippen LogP contribution in [0, 0.1) is 24.2 Å². The van der Waals surface area contributed by atoms with Gasteiger partial charge in [-0.25, -0.2) is 0 Å². The van der Waals surface area contributed by atoms with E-state index in [-0.39, 0.29) is 30.1 Å². The minimum atomic E-state index is -0.895. The zero-order valence-electron chi connectivity index (χ0n) is 13.4. The van der Waals surface area contributed by atoms with Crippen molar-refractivity contribution in [3.63, 3.8) is 0 Å². The number of hydrogen-bond donors (Lipinski definition) is 1. The quantitative estimate of drug-likeness (QED) is 0.784. The van der Waals surface area contributed by atoms with Gasteiger partial charge in [0.15, 0.2) is 5.54 Å². The molecule has 20 heavy (non-hydrogen) atoms. The fourth-order valence-electron chi connectivity index (χ4n) is 3.12. The average molecular weight is 281 g/mol. The van der Waals surface area contributed by atoms with Crippen LogP contribution in [0.5, 0.6) is 0 Å². The molecule has 0 saturated carbocycles. The number of nitrogens with one attached hydrogen (secondary N) is 1. The molecule has 1 heterocycles. The summed E-state index contributed by atoms with van der Waals surface area (Å²) in [4.78, 5) is 11.6. The number of amides is 1. The van der Waals surface area contributed by atoms with Crippen LogP contribution in [0.1, 0.15) is 41.0 Å². The minimum absolute atomic E-state index is 0.102. The van der Waals surface area contributed by atoms with Gasteiger partial charge in [0.25, 0.3) is 0 Å². The molecular formula is C16H27NO3. The molecule has 4 heteroatoms. The van der Waals surface area contributed by atoms with Gasteiger partial charge in [-0.1, -0.05) is 33.6 Å². The van der Waals surface area contributed by atoms with Gasteiger partial charge in [0, 0.05) is 14.0 Å². The highest BCUT2D eigenvalue weighted by Crippen LogP contribution is 2.39. The highest BCUT2D eigenvalue weighted by Gasteiger charge is 2.57. The number of carbonyl (C=O) groups excluding carboxylic acids is 1. The summed E-state index contributed by atoms with van der Waals surface area (Å²) in [5, 5.41) is 2.92. The van der Waals surface area contributed by atoms with Crippen LogP contribution in [0.4, 0.5) is 0 Å². The molecule has 0 aromatic heterocycles. The third-order valence-electron chi connectivity index (χ3n) is 3.74. The average Bonchev–Trinajstić information content (AvgIpc) is 2.61. The standard InChI is InChI=1S/C16H27NO3/c1-8-16(17-12(6)18)14(11(4)5)20-13(9-10(2)3)15(16)19-7/h1,10-11,13-15H,9H2,2-7H3,(H,17,18)/t13-,14+,15-,16?/m1/s1. The molecule has 4 atom stereocenters. The molecule has 0 radical (unpaired) electrons. The van der Waals surface area contributed by atoms with Crippen molar-refractivity contribution in [1.82, 2.24) is 5.32 Å². The van der Waals surface area contributed by atoms with E-state index >= 15 is 0 Å². The smallest absolute Gasteiger partial charge is 0.218 e. The summed E-state index contributed by atoms with van der Waals surface area (Å²) in [5.74, 6) is 3.26. The summed E-state index contributed by atoms with van der Waals surface area (Å²) in [6, 6.07) is 0. The molecule has 0 aliphatic carbocycles. The third-order valence-corrected chi connectivity index (χ3v) is 3.74. The Morgan fingerprint density at radius 3 is 2.40 bits per heavy atom. The largest absolute Gasteiger partial charge is 0.375 e. The van der Waals surface area contributed by atoms with Crippen LogP contribution < -0.4 is 5.32 Å². The van der Waals surface area contributed by atoms with Gasteiger partial charge in [0.05, 0.1) is 12.2 Å². The lowest BCUT2D eigenvalue weighted by Crippen LogP contribution is -2.61. The van der Waals surface area contributed by atoms with Crippen molar-refractivity contribution in [2.45, 2.75) is 64.9 Å². The van der Waals surface area contributed by atoms with Gasteiger partial charge >= 0.3 is 0 Å². The molecule has 1 aliphatic rings. The number of terminal acetylenes is 1. The molecule has 0 bridgehead atoms. The zero-order valence-corrected chi connectivity index (χ0v) is 13.4. The van der Waals surface area contributed by atoms with Crippen molar-refractivity contribution in [3.05, 3.63) is 0 Å². The predicted octanol–water partition coefficient (Wildman–Crippen LogP) is 1.98. The molecule has 1 saturated heterocycles. The summed E-state index contributed by atoms with van der Waals surface area (Å²) in [6.45, 7) is 9.83. The van der Waals surface area contributed by atoms with Crippen molar-refractivity contribution >= 4 is 5.91 Å². The molecule has 1 rings (SSSR count). The second kappa shape index (κ2) is 6.60. The Labute approximate surface area is 122 Å². The van der Waals surface area contributed by atoms with Crippen LogP contribution in [0.15, 0.2) is 0 Å². The summed E-state index contributed by atoms with van der Waals surface area (Å²) in [7, 11) is 1.62. The Balaban J connectivity index is 3.18. The van der Waals surface area contributed by atoms with Gasteiger partial charge in [0.2, 0.25) is 5.91 Å². The van der Waals surface area contributed by atoms with Gasteiger partial charge in [0.1, 0.15) is 6.10 Å². The van der Waals surface area contributed by atoms with E-state index < -0.39 is 5.54 Å². The van der Waals surface area contributed by atoms with Crippen LogP contribution in [0.2, 0.25) is 0 Å². The van der Waals surface area contributed by atoms with Gasteiger partial charge in [-0.05, 0) is 18.3 Å². The van der Waals surface area contributed by atoms with Crippen LogP contribution in [-0.2, 0) is 14.3 Å². The molecule has 1 amide bonds. The lowest BCUT2D eigenvalue weighted by atomic mass is 9.81. The van der Waals surface area contributed by atoms with Crippen molar-refractivity contribution in [2.24, 2.45) is 11.8 Å². The molecule has 1 aliphatic heterocycles. The van der Waals surface area contributed by atoms with E-state index in [9.17, 15) is 4.79 Å². The van der Waals surface area contributed by atoms with Crippen LogP contribution >= 0.6 is 0 Å². The number of methoxy groups -OCH3 is 1. The SMILES string of the molecule is C#CC1(NC(C)=O)[C@H](OC)[C@@H](CC(C)C)O[C@H]1C(C)C. The number of rotatable bonds is 5. The van der Waals surface area contributed by atoms with E-state index in [1.807, 2.05) is 13.8 Å². The highest BCUT2D eigenvalue weighted by atomic mass is 16.6. The van der Waals surface area contributed by atoms with Crippen molar-refractivity contribution in [3.8, 4) is 12.3 Å². The molecule has 1 fully saturated rings. The Morgan fingerprint density at radius 2 is 2.05 bits per heavy atom. The lowest BCUT2D eigenvalue weighted by Gasteiger charge is -2.35. The second-order valence-corrected chi connectivity index (χ2v) is 6.32. The number of carbonyl (C=O) groups is 1. The molecule has 0 aromatic rings. The molecule has 0 spiro atoms. The maximum absolute atomic E-state index is 11.6. The summed E-state index contributed by atoms with van der Waals surface area (Å²) in [5.41, 5.74) is -0.895. The van der Waals surface area contributed by atoms with Gasteiger partial charge in [-0.15, -0.1) is 6.42 Å². The van der Waals surface area contributed by atoms with Crippen molar-refractivity contribution in [1.29, 1.82) is 0 Å². The lowest BCUT2D eigenvalue weighted by molar-refractivity contribution is -0.122. The fraction of sp³-hybridized carbons (Fsp3) is 0.812. The zero-order chi connectivity index (χ0) is 15.5. The summed E-state index contributed by atoms with van der Waals surface area (Å²) < 4.78 is 11.8. The molecule has 114 valence electrons. The monoisotopic (exact) mass is 281 g/mol. The maximum Gasteiger partial charge on any atom is 0.218 e. The number of ether oxygens (including phenoxy) is 2. The fourth-order valence-corrected chi connectivity index (χ4v) is 3.12. The Bertz CT molecular complexity index is 386. The van der Waals surface area contributed by atoms with E-state index in [4.69, 9.17) is 15.9 Å². The van der Waals surface area contributed by atoms with Crippen LogP contribution in [0.3, 0.4) is 0 Å². The van der Waals surface area contributed by atoms with Crippen LogP contribution in [-0.4, -0.2) is 36.9 Å². The van der Waals surface area contributed by atoms with E-state index in [1.165, 1.54) is 6.92 Å².